The number of hydrogen-bond acceptors (Lipinski definition) is 3. The highest BCUT2D eigenvalue weighted by molar-refractivity contribution is 6.31. The van der Waals surface area contributed by atoms with Gasteiger partial charge in [0.1, 0.15) is 5.84 Å². The predicted molar refractivity (Wildman–Crippen MR) is 76.7 cm³/mol. The number of hydrogen-bond donors (Lipinski definition) is 3. The Bertz CT molecular complexity index is 421. The molecule has 0 amide bonds. The van der Waals surface area contributed by atoms with Gasteiger partial charge in [-0.15, -0.1) is 0 Å². The van der Waals surface area contributed by atoms with Gasteiger partial charge in [-0.25, -0.2) is 0 Å². The lowest BCUT2D eigenvalue weighted by molar-refractivity contribution is 0.288. The summed E-state index contributed by atoms with van der Waals surface area (Å²) >= 11 is 5.94. The van der Waals surface area contributed by atoms with Gasteiger partial charge in [-0.3, -0.25) is 5.41 Å². The summed E-state index contributed by atoms with van der Waals surface area (Å²) in [4.78, 5) is 2.11. The molecule has 0 radical (unpaired) electrons. The Kier molecular flexibility index (Phi) is 5.44. The van der Waals surface area contributed by atoms with Gasteiger partial charge in [0.05, 0.1) is 0 Å². The highest BCUT2D eigenvalue weighted by atomic mass is 35.5. The van der Waals surface area contributed by atoms with Gasteiger partial charge in [-0.05, 0) is 38.5 Å². The van der Waals surface area contributed by atoms with E-state index in [4.69, 9.17) is 27.9 Å². The van der Waals surface area contributed by atoms with Gasteiger partial charge < -0.3 is 15.7 Å². The highest BCUT2D eigenvalue weighted by Gasteiger charge is 2.16. The number of aliphatic hydroxyl groups is 1. The van der Waals surface area contributed by atoms with Crippen molar-refractivity contribution in [2.75, 3.05) is 18.1 Å². The second kappa shape index (κ2) is 6.61. The molecule has 5 heteroatoms. The molecule has 0 saturated heterocycles. The van der Waals surface area contributed by atoms with Crippen LogP contribution in [0.4, 0.5) is 5.69 Å². The quantitative estimate of drug-likeness (QED) is 0.548. The summed E-state index contributed by atoms with van der Waals surface area (Å²) in [5.74, 6) is 0.00199. The summed E-state index contributed by atoms with van der Waals surface area (Å²) in [5.41, 5.74) is 7.12. The number of aliphatic hydroxyl groups excluding tert-OH is 1. The lowest BCUT2D eigenvalue weighted by Gasteiger charge is -2.30. The maximum Gasteiger partial charge on any atom is 0.124 e. The summed E-state index contributed by atoms with van der Waals surface area (Å²) < 4.78 is 0. The average molecular weight is 270 g/mol. The summed E-state index contributed by atoms with van der Waals surface area (Å²) in [6, 6.07) is 5.62. The summed E-state index contributed by atoms with van der Waals surface area (Å²) in [6.45, 7) is 4.99. The van der Waals surface area contributed by atoms with Crippen LogP contribution in [0.25, 0.3) is 0 Å². The fraction of sp³-hybridized carbons (Fsp3) is 0.462. The van der Waals surface area contributed by atoms with E-state index in [0.29, 0.717) is 17.0 Å². The maximum atomic E-state index is 8.95. The zero-order valence-electron chi connectivity index (χ0n) is 10.8. The number of anilines is 1. The lowest BCUT2D eigenvalue weighted by Crippen LogP contribution is -2.34. The van der Waals surface area contributed by atoms with Crippen molar-refractivity contribution in [1.29, 1.82) is 5.41 Å². The van der Waals surface area contributed by atoms with Crippen LogP contribution in [0.1, 0.15) is 25.8 Å². The Balaban J connectivity index is 3.14. The van der Waals surface area contributed by atoms with Crippen molar-refractivity contribution in [2.45, 2.75) is 26.3 Å². The molecule has 0 aliphatic carbocycles. The minimum atomic E-state index is 0.00199. The van der Waals surface area contributed by atoms with Crippen molar-refractivity contribution in [2.24, 2.45) is 5.73 Å². The summed E-state index contributed by atoms with van der Waals surface area (Å²) in [6.07, 6.45) is 0.679. The Hall–Kier alpha value is -1.26. The molecule has 0 aromatic heterocycles. The van der Waals surface area contributed by atoms with Gasteiger partial charge in [-0.1, -0.05) is 11.6 Å². The minimum absolute atomic E-state index is 0.00199. The standard InChI is InChI=1S/C13H20ClN3O/c1-9(2)17(6-3-7-18)12-5-4-10(14)8-11(12)13(15)16/h4-5,8-9,18H,3,6-7H2,1-2H3,(H3,15,16). The Morgan fingerprint density at radius 1 is 1.50 bits per heavy atom. The molecule has 0 heterocycles. The van der Waals surface area contributed by atoms with Crippen LogP contribution in [-0.2, 0) is 0 Å². The third-order valence-corrected chi connectivity index (χ3v) is 2.97. The van der Waals surface area contributed by atoms with Crippen molar-refractivity contribution in [3.05, 3.63) is 28.8 Å². The van der Waals surface area contributed by atoms with E-state index in [0.717, 1.165) is 12.2 Å². The normalized spacial score (nSPS) is 10.7. The molecule has 0 bridgehead atoms. The van der Waals surface area contributed by atoms with E-state index in [1.807, 2.05) is 6.07 Å². The molecule has 0 fully saturated rings. The van der Waals surface area contributed by atoms with Crippen LogP contribution in [0, 0.1) is 5.41 Å². The van der Waals surface area contributed by atoms with Crippen molar-refractivity contribution >= 4 is 23.1 Å². The monoisotopic (exact) mass is 269 g/mol. The van der Waals surface area contributed by atoms with Crippen molar-refractivity contribution < 1.29 is 5.11 Å². The molecule has 4 nitrogen and oxygen atoms in total. The SMILES string of the molecule is CC(C)N(CCCO)c1ccc(Cl)cc1C(=N)N. The van der Waals surface area contributed by atoms with Gasteiger partial charge in [0.2, 0.25) is 0 Å². The molecule has 0 aliphatic heterocycles. The molecule has 1 rings (SSSR count). The number of rotatable bonds is 6. The summed E-state index contributed by atoms with van der Waals surface area (Å²) in [5, 5.41) is 17.1. The van der Waals surface area contributed by atoms with Gasteiger partial charge in [-0.2, -0.15) is 0 Å². The topological polar surface area (TPSA) is 73.3 Å². The Morgan fingerprint density at radius 2 is 2.17 bits per heavy atom. The molecule has 0 atom stereocenters. The molecular weight excluding hydrogens is 250 g/mol. The van der Waals surface area contributed by atoms with Crippen molar-refractivity contribution in [3.8, 4) is 0 Å². The molecule has 0 unspecified atom stereocenters. The van der Waals surface area contributed by atoms with Crippen LogP contribution in [0.3, 0.4) is 0 Å². The number of amidine groups is 1. The highest BCUT2D eigenvalue weighted by Crippen LogP contribution is 2.25. The van der Waals surface area contributed by atoms with Crippen molar-refractivity contribution in [3.63, 3.8) is 0 Å². The van der Waals surface area contributed by atoms with E-state index >= 15 is 0 Å². The van der Waals surface area contributed by atoms with E-state index < -0.39 is 0 Å². The zero-order valence-corrected chi connectivity index (χ0v) is 11.5. The second-order valence-electron chi connectivity index (χ2n) is 4.44. The van der Waals surface area contributed by atoms with E-state index in [2.05, 4.69) is 18.7 Å². The van der Waals surface area contributed by atoms with E-state index in [9.17, 15) is 0 Å². The van der Waals surface area contributed by atoms with Crippen LogP contribution in [0.15, 0.2) is 18.2 Å². The second-order valence-corrected chi connectivity index (χ2v) is 4.88. The molecule has 0 saturated carbocycles. The first-order valence-corrected chi connectivity index (χ1v) is 6.36. The third-order valence-electron chi connectivity index (χ3n) is 2.74. The van der Waals surface area contributed by atoms with Crippen LogP contribution in [0.2, 0.25) is 5.02 Å². The number of nitrogen functional groups attached to an aromatic ring is 1. The minimum Gasteiger partial charge on any atom is -0.396 e. The molecule has 100 valence electrons. The van der Waals surface area contributed by atoms with E-state index in [1.165, 1.54) is 0 Å². The molecule has 4 N–H and O–H groups in total. The summed E-state index contributed by atoms with van der Waals surface area (Å²) in [7, 11) is 0. The first-order chi connectivity index (χ1) is 8.47. The van der Waals surface area contributed by atoms with Crippen LogP contribution in [-0.4, -0.2) is 30.1 Å². The fourth-order valence-electron chi connectivity index (χ4n) is 1.87. The zero-order chi connectivity index (χ0) is 13.7. The Labute approximate surface area is 113 Å². The largest absolute Gasteiger partial charge is 0.396 e. The van der Waals surface area contributed by atoms with Crippen molar-refractivity contribution in [1.82, 2.24) is 0 Å². The number of nitrogens with zero attached hydrogens (tertiary/aromatic N) is 1. The average Bonchev–Trinajstić information content (AvgIpc) is 2.30. The van der Waals surface area contributed by atoms with E-state index in [-0.39, 0.29) is 18.5 Å². The van der Waals surface area contributed by atoms with Gasteiger partial charge in [0.15, 0.2) is 0 Å². The van der Waals surface area contributed by atoms with Gasteiger partial charge in [0.25, 0.3) is 0 Å². The molecule has 18 heavy (non-hydrogen) atoms. The van der Waals surface area contributed by atoms with Crippen LogP contribution < -0.4 is 10.6 Å². The van der Waals surface area contributed by atoms with Gasteiger partial charge in [0, 0.05) is 35.5 Å². The first-order valence-electron chi connectivity index (χ1n) is 5.98. The molecule has 0 aliphatic rings. The first kappa shape index (κ1) is 14.8. The number of nitrogens with one attached hydrogen (secondary N) is 1. The van der Waals surface area contributed by atoms with Crippen LogP contribution >= 0.6 is 11.6 Å². The molecule has 1 aromatic rings. The smallest absolute Gasteiger partial charge is 0.124 e. The Morgan fingerprint density at radius 3 is 2.67 bits per heavy atom. The predicted octanol–water partition coefficient (Wildman–Crippen LogP) is 2.22. The van der Waals surface area contributed by atoms with Gasteiger partial charge >= 0.3 is 0 Å². The molecule has 1 aromatic carbocycles. The molecule has 0 spiro atoms. The van der Waals surface area contributed by atoms with Crippen LogP contribution in [0.5, 0.6) is 0 Å². The number of halogens is 1. The number of benzene rings is 1. The molecular formula is C13H20ClN3O. The maximum absolute atomic E-state index is 8.95. The van der Waals surface area contributed by atoms with E-state index in [1.54, 1.807) is 12.1 Å². The fourth-order valence-corrected chi connectivity index (χ4v) is 2.04. The lowest BCUT2D eigenvalue weighted by atomic mass is 10.1. The third kappa shape index (κ3) is 3.62. The number of nitrogens with two attached hydrogens (primary N) is 1.